The summed E-state index contributed by atoms with van der Waals surface area (Å²) in [7, 11) is 0. The van der Waals surface area contributed by atoms with Crippen molar-refractivity contribution in [2.24, 2.45) is 5.92 Å². The van der Waals surface area contributed by atoms with E-state index in [1.165, 1.54) is 25.7 Å². The van der Waals surface area contributed by atoms with Gasteiger partial charge in [-0.2, -0.15) is 0 Å². The molecule has 0 spiro atoms. The second-order valence-corrected chi connectivity index (χ2v) is 5.98. The van der Waals surface area contributed by atoms with Gasteiger partial charge in [0.2, 0.25) is 0 Å². The zero-order valence-electron chi connectivity index (χ0n) is 12.2. The van der Waals surface area contributed by atoms with Crippen LogP contribution in [-0.4, -0.2) is 36.4 Å². The molecule has 1 aromatic rings. The molecule has 0 aromatic heterocycles. The van der Waals surface area contributed by atoms with Crippen LogP contribution in [0.4, 0.5) is 0 Å². The Balaban J connectivity index is 1.58. The van der Waals surface area contributed by atoms with Crippen molar-refractivity contribution in [3.8, 4) is 5.75 Å². The lowest BCUT2D eigenvalue weighted by molar-refractivity contribution is 0.0921. The molecule has 1 aromatic carbocycles. The van der Waals surface area contributed by atoms with Crippen molar-refractivity contribution >= 4 is 5.78 Å². The molecule has 0 atom stereocenters. The van der Waals surface area contributed by atoms with E-state index in [-0.39, 0.29) is 5.78 Å². The molecule has 3 rings (SSSR count). The summed E-state index contributed by atoms with van der Waals surface area (Å²) < 4.78 is 5.41. The number of hydrogen-bond acceptors (Lipinski definition) is 3. The summed E-state index contributed by atoms with van der Waals surface area (Å²) in [6.45, 7) is 4.32. The molecule has 0 amide bonds. The van der Waals surface area contributed by atoms with Crippen LogP contribution >= 0.6 is 0 Å². The molecule has 0 N–H and O–H groups in total. The highest BCUT2D eigenvalue weighted by Gasteiger charge is 2.34. The van der Waals surface area contributed by atoms with E-state index in [1.807, 2.05) is 31.2 Å². The maximum atomic E-state index is 12.4. The van der Waals surface area contributed by atoms with E-state index in [0.717, 1.165) is 23.8 Å². The lowest BCUT2D eigenvalue weighted by Gasteiger charge is -2.20. The molecule has 0 saturated heterocycles. The van der Waals surface area contributed by atoms with Crippen molar-refractivity contribution in [1.82, 2.24) is 4.90 Å². The van der Waals surface area contributed by atoms with Crippen LogP contribution in [0.2, 0.25) is 0 Å². The van der Waals surface area contributed by atoms with Gasteiger partial charge in [0, 0.05) is 18.2 Å². The van der Waals surface area contributed by atoms with Crippen molar-refractivity contribution in [1.29, 1.82) is 0 Å². The molecule has 2 aliphatic rings. The normalized spacial score (nSPS) is 18.3. The van der Waals surface area contributed by atoms with Crippen LogP contribution < -0.4 is 4.74 Å². The monoisotopic (exact) mass is 273 g/mol. The maximum absolute atomic E-state index is 12.4. The number of Topliss-reactive ketones (excluding diaryl/α,β-unsaturated/α-hetero) is 1. The third-order valence-electron chi connectivity index (χ3n) is 4.09. The highest BCUT2D eigenvalue weighted by Crippen LogP contribution is 2.34. The van der Waals surface area contributed by atoms with Crippen molar-refractivity contribution in [3.05, 3.63) is 29.8 Å². The van der Waals surface area contributed by atoms with Crippen molar-refractivity contribution in [2.45, 2.75) is 38.6 Å². The molecule has 2 fully saturated rings. The number of nitrogens with zero attached hydrogens (tertiary/aromatic N) is 1. The van der Waals surface area contributed by atoms with Gasteiger partial charge in [-0.3, -0.25) is 9.69 Å². The average Bonchev–Trinajstić information content (AvgIpc) is 3.32. The minimum Gasteiger partial charge on any atom is -0.494 e. The third-order valence-corrected chi connectivity index (χ3v) is 4.09. The molecule has 0 heterocycles. The Morgan fingerprint density at radius 1 is 1.20 bits per heavy atom. The van der Waals surface area contributed by atoms with Gasteiger partial charge in [-0.05, 0) is 62.8 Å². The van der Waals surface area contributed by atoms with Crippen LogP contribution in [0.5, 0.6) is 5.75 Å². The van der Waals surface area contributed by atoms with Gasteiger partial charge in [-0.1, -0.05) is 0 Å². The summed E-state index contributed by atoms with van der Waals surface area (Å²) in [5.41, 5.74) is 0.801. The van der Waals surface area contributed by atoms with Crippen molar-refractivity contribution in [2.75, 3.05) is 19.7 Å². The fraction of sp³-hybridized carbons (Fsp3) is 0.588. The molecule has 2 aliphatic carbocycles. The van der Waals surface area contributed by atoms with Gasteiger partial charge >= 0.3 is 0 Å². The molecule has 0 radical (unpaired) electrons. The first-order valence-electron chi connectivity index (χ1n) is 7.76. The average molecular weight is 273 g/mol. The van der Waals surface area contributed by atoms with E-state index in [0.29, 0.717) is 19.2 Å². The number of carbonyl (C=O) groups excluding carboxylic acids is 1. The van der Waals surface area contributed by atoms with Gasteiger partial charge in [-0.25, -0.2) is 0 Å². The van der Waals surface area contributed by atoms with E-state index >= 15 is 0 Å². The molecule has 3 heteroatoms. The zero-order valence-corrected chi connectivity index (χ0v) is 12.2. The number of hydrogen-bond donors (Lipinski definition) is 0. The third kappa shape index (κ3) is 3.60. The topological polar surface area (TPSA) is 29.5 Å². The summed E-state index contributed by atoms with van der Waals surface area (Å²) in [5.74, 6) is 1.92. The Labute approximate surface area is 120 Å². The predicted octanol–water partition coefficient (Wildman–Crippen LogP) is 3.14. The highest BCUT2D eigenvalue weighted by molar-refractivity contribution is 5.97. The summed E-state index contributed by atoms with van der Waals surface area (Å²) in [4.78, 5) is 14.8. The number of ketones is 1. The molecular formula is C17H23NO2. The lowest BCUT2D eigenvalue weighted by Crippen LogP contribution is -2.33. The van der Waals surface area contributed by atoms with E-state index in [9.17, 15) is 4.79 Å². The SMILES string of the molecule is CCOc1ccc(C(=O)CN(CC2CC2)C2CC2)cc1. The van der Waals surface area contributed by atoms with Gasteiger partial charge in [-0.15, -0.1) is 0 Å². The van der Waals surface area contributed by atoms with Gasteiger partial charge in [0.05, 0.1) is 13.2 Å². The van der Waals surface area contributed by atoms with Crippen molar-refractivity contribution in [3.63, 3.8) is 0 Å². The molecule has 20 heavy (non-hydrogen) atoms. The lowest BCUT2D eigenvalue weighted by atomic mass is 10.1. The first kappa shape index (κ1) is 13.6. The number of ether oxygens (including phenoxy) is 1. The molecule has 0 bridgehead atoms. The summed E-state index contributed by atoms with van der Waals surface area (Å²) in [6.07, 6.45) is 5.23. The number of carbonyl (C=O) groups is 1. The zero-order chi connectivity index (χ0) is 13.9. The predicted molar refractivity (Wildman–Crippen MR) is 79.3 cm³/mol. The molecule has 108 valence electrons. The Morgan fingerprint density at radius 2 is 1.90 bits per heavy atom. The highest BCUT2D eigenvalue weighted by atomic mass is 16.5. The molecule has 3 nitrogen and oxygen atoms in total. The first-order valence-corrected chi connectivity index (χ1v) is 7.76. The van der Waals surface area contributed by atoms with Crippen LogP contribution in [0.15, 0.2) is 24.3 Å². The minimum atomic E-state index is 0.237. The number of benzene rings is 1. The van der Waals surface area contributed by atoms with Crippen molar-refractivity contribution < 1.29 is 9.53 Å². The summed E-state index contributed by atoms with van der Waals surface area (Å²) in [6, 6.07) is 8.21. The first-order chi connectivity index (χ1) is 9.76. The second-order valence-electron chi connectivity index (χ2n) is 5.98. The molecular weight excluding hydrogens is 250 g/mol. The van der Waals surface area contributed by atoms with Gasteiger partial charge in [0.15, 0.2) is 5.78 Å². The van der Waals surface area contributed by atoms with E-state index in [1.54, 1.807) is 0 Å². The van der Waals surface area contributed by atoms with Gasteiger partial charge < -0.3 is 4.74 Å². The van der Waals surface area contributed by atoms with Gasteiger partial charge in [0.1, 0.15) is 5.75 Å². The second kappa shape index (κ2) is 5.96. The number of rotatable bonds is 8. The van der Waals surface area contributed by atoms with Crippen LogP contribution in [0.3, 0.4) is 0 Å². The van der Waals surface area contributed by atoms with Crippen LogP contribution in [0, 0.1) is 5.92 Å². The van der Waals surface area contributed by atoms with Crippen LogP contribution in [0.1, 0.15) is 43.0 Å². The standard InChI is InChI=1S/C17H23NO2/c1-2-20-16-9-5-14(6-10-16)17(19)12-18(15-7-8-15)11-13-3-4-13/h5-6,9-10,13,15H,2-4,7-8,11-12H2,1H3. The Bertz CT molecular complexity index is 460. The quantitative estimate of drug-likeness (QED) is 0.681. The summed E-state index contributed by atoms with van der Waals surface area (Å²) in [5, 5.41) is 0. The Kier molecular flexibility index (Phi) is 4.06. The molecule has 0 unspecified atom stereocenters. The van der Waals surface area contributed by atoms with E-state index in [4.69, 9.17) is 4.74 Å². The minimum absolute atomic E-state index is 0.237. The Morgan fingerprint density at radius 3 is 2.45 bits per heavy atom. The van der Waals surface area contributed by atoms with Crippen LogP contribution in [-0.2, 0) is 0 Å². The Hall–Kier alpha value is -1.35. The van der Waals surface area contributed by atoms with Crippen LogP contribution in [0.25, 0.3) is 0 Å². The fourth-order valence-electron chi connectivity index (χ4n) is 2.59. The fourth-order valence-corrected chi connectivity index (χ4v) is 2.59. The molecule has 2 saturated carbocycles. The smallest absolute Gasteiger partial charge is 0.176 e. The largest absolute Gasteiger partial charge is 0.494 e. The van der Waals surface area contributed by atoms with E-state index in [2.05, 4.69) is 4.90 Å². The van der Waals surface area contributed by atoms with E-state index < -0.39 is 0 Å². The molecule has 0 aliphatic heterocycles. The maximum Gasteiger partial charge on any atom is 0.176 e. The summed E-state index contributed by atoms with van der Waals surface area (Å²) >= 11 is 0. The van der Waals surface area contributed by atoms with Gasteiger partial charge in [0.25, 0.3) is 0 Å².